The number of hydrogen-bond acceptors (Lipinski definition) is 3. The third-order valence-electron chi connectivity index (χ3n) is 6.27. The van der Waals surface area contributed by atoms with Gasteiger partial charge in [0.2, 0.25) is 11.8 Å². The third kappa shape index (κ3) is 5.30. The van der Waals surface area contributed by atoms with Gasteiger partial charge >= 0.3 is 0 Å². The van der Waals surface area contributed by atoms with Gasteiger partial charge < -0.3 is 9.80 Å². The van der Waals surface area contributed by atoms with E-state index in [9.17, 15) is 14.0 Å². The van der Waals surface area contributed by atoms with Crippen LogP contribution < -0.4 is 0 Å². The summed E-state index contributed by atoms with van der Waals surface area (Å²) in [6.45, 7) is 3.51. The number of aromatic nitrogens is 1. The van der Waals surface area contributed by atoms with Gasteiger partial charge in [0.15, 0.2) is 0 Å². The van der Waals surface area contributed by atoms with Gasteiger partial charge in [-0.05, 0) is 74.4 Å². The summed E-state index contributed by atoms with van der Waals surface area (Å²) < 4.78 is 13.2. The Labute approximate surface area is 183 Å². The van der Waals surface area contributed by atoms with Crippen molar-refractivity contribution in [2.24, 2.45) is 0 Å². The minimum Gasteiger partial charge on any atom is -0.333 e. The second kappa shape index (κ2) is 9.58. The van der Waals surface area contributed by atoms with Crippen LogP contribution in [0.1, 0.15) is 67.1 Å². The maximum Gasteiger partial charge on any atom is 0.242 e. The van der Waals surface area contributed by atoms with Crippen LogP contribution in [0.4, 0.5) is 4.39 Å². The SMILES string of the molecule is Cc1cc(Cc2ccc(F)cc2)cc(C2CCCN2C(=O)CN2CCCCCC2=O)n1. The number of halogens is 1. The summed E-state index contributed by atoms with van der Waals surface area (Å²) in [5, 5.41) is 0. The van der Waals surface area contributed by atoms with Crippen molar-refractivity contribution in [3.63, 3.8) is 0 Å². The first kappa shape index (κ1) is 21.5. The predicted molar refractivity (Wildman–Crippen MR) is 117 cm³/mol. The Morgan fingerprint density at radius 2 is 1.87 bits per heavy atom. The Morgan fingerprint density at radius 1 is 1.06 bits per heavy atom. The van der Waals surface area contributed by atoms with Crippen LogP contribution in [0, 0.1) is 12.7 Å². The molecular weight excluding hydrogens is 393 g/mol. The van der Waals surface area contributed by atoms with Crippen LogP contribution in [-0.2, 0) is 16.0 Å². The van der Waals surface area contributed by atoms with Crippen LogP contribution in [0.5, 0.6) is 0 Å². The summed E-state index contributed by atoms with van der Waals surface area (Å²) in [4.78, 5) is 33.8. The van der Waals surface area contributed by atoms with Gasteiger partial charge in [-0.3, -0.25) is 14.6 Å². The summed E-state index contributed by atoms with van der Waals surface area (Å²) >= 11 is 0. The molecule has 31 heavy (non-hydrogen) atoms. The summed E-state index contributed by atoms with van der Waals surface area (Å²) in [6.07, 6.45) is 5.99. The molecule has 0 radical (unpaired) electrons. The molecule has 6 heteroatoms. The number of hydrogen-bond donors (Lipinski definition) is 0. The zero-order valence-corrected chi connectivity index (χ0v) is 18.1. The first-order chi connectivity index (χ1) is 15.0. The van der Waals surface area contributed by atoms with Crippen molar-refractivity contribution in [2.45, 2.75) is 57.9 Å². The van der Waals surface area contributed by atoms with E-state index in [4.69, 9.17) is 4.98 Å². The van der Waals surface area contributed by atoms with E-state index in [1.165, 1.54) is 12.1 Å². The van der Waals surface area contributed by atoms with Gasteiger partial charge in [-0.2, -0.15) is 0 Å². The van der Waals surface area contributed by atoms with Gasteiger partial charge in [-0.25, -0.2) is 4.39 Å². The van der Waals surface area contributed by atoms with Crippen LogP contribution in [0.15, 0.2) is 36.4 Å². The molecule has 0 spiro atoms. The molecule has 1 unspecified atom stereocenters. The number of likely N-dealkylation sites (tertiary alicyclic amines) is 2. The number of pyridine rings is 1. The zero-order valence-electron chi connectivity index (χ0n) is 18.1. The van der Waals surface area contributed by atoms with E-state index in [-0.39, 0.29) is 30.2 Å². The highest BCUT2D eigenvalue weighted by atomic mass is 19.1. The standard InChI is InChI=1S/C25H30FN3O2/c1-18-14-20(15-19-8-10-21(26)11-9-19)16-22(27-18)23-6-5-13-29(23)25(31)17-28-12-4-2-3-7-24(28)30/h8-11,14,16,23H,2-7,12-13,15,17H2,1H3. The van der Waals surface area contributed by atoms with Crippen LogP contribution in [-0.4, -0.2) is 46.2 Å². The van der Waals surface area contributed by atoms with Gasteiger partial charge in [-0.1, -0.05) is 18.6 Å². The molecule has 0 bridgehead atoms. The Bertz CT molecular complexity index is 944. The first-order valence-corrected chi connectivity index (χ1v) is 11.3. The molecule has 5 nitrogen and oxygen atoms in total. The number of amides is 2. The Morgan fingerprint density at radius 3 is 2.68 bits per heavy atom. The van der Waals surface area contributed by atoms with Crippen LogP contribution in [0.3, 0.4) is 0 Å². The molecule has 1 aromatic carbocycles. The highest BCUT2D eigenvalue weighted by Gasteiger charge is 2.32. The lowest BCUT2D eigenvalue weighted by Gasteiger charge is -2.28. The molecule has 2 amide bonds. The van der Waals surface area contributed by atoms with E-state index in [1.807, 2.05) is 17.9 Å². The lowest BCUT2D eigenvalue weighted by Crippen LogP contribution is -2.42. The number of rotatable bonds is 5. The fourth-order valence-corrected chi connectivity index (χ4v) is 4.71. The molecule has 2 fully saturated rings. The largest absolute Gasteiger partial charge is 0.333 e. The summed E-state index contributed by atoms with van der Waals surface area (Å²) in [7, 11) is 0. The van der Waals surface area contributed by atoms with Gasteiger partial charge in [0.1, 0.15) is 5.82 Å². The monoisotopic (exact) mass is 423 g/mol. The molecule has 1 aromatic heterocycles. The van der Waals surface area contributed by atoms with Crippen LogP contribution in [0.25, 0.3) is 0 Å². The molecule has 0 N–H and O–H groups in total. The van der Waals surface area contributed by atoms with Gasteiger partial charge in [0.05, 0.1) is 18.3 Å². The average Bonchev–Trinajstić information content (AvgIpc) is 3.15. The van der Waals surface area contributed by atoms with Gasteiger partial charge in [-0.15, -0.1) is 0 Å². The Balaban J connectivity index is 1.49. The topological polar surface area (TPSA) is 53.5 Å². The minimum atomic E-state index is -0.238. The normalized spacial score (nSPS) is 19.5. The highest BCUT2D eigenvalue weighted by Crippen LogP contribution is 2.32. The van der Waals surface area contributed by atoms with Crippen molar-refractivity contribution in [3.8, 4) is 0 Å². The fraction of sp³-hybridized carbons (Fsp3) is 0.480. The predicted octanol–water partition coefficient (Wildman–Crippen LogP) is 4.19. The Kier molecular flexibility index (Phi) is 6.64. The number of benzene rings is 1. The molecule has 0 aliphatic carbocycles. The van der Waals surface area contributed by atoms with Crippen molar-refractivity contribution in [3.05, 3.63) is 64.7 Å². The van der Waals surface area contributed by atoms with Crippen molar-refractivity contribution >= 4 is 11.8 Å². The summed E-state index contributed by atoms with van der Waals surface area (Å²) in [5.41, 5.74) is 3.97. The summed E-state index contributed by atoms with van der Waals surface area (Å²) in [6, 6.07) is 10.6. The third-order valence-corrected chi connectivity index (χ3v) is 6.27. The second-order valence-electron chi connectivity index (χ2n) is 8.72. The molecule has 3 heterocycles. The van der Waals surface area contributed by atoms with Crippen LogP contribution in [0.2, 0.25) is 0 Å². The quantitative estimate of drug-likeness (QED) is 0.725. The average molecular weight is 424 g/mol. The minimum absolute atomic E-state index is 0.0149. The number of aryl methyl sites for hydroxylation is 1. The molecule has 1 atom stereocenters. The maximum absolute atomic E-state index is 13.2. The molecule has 4 rings (SSSR count). The van der Waals surface area contributed by atoms with E-state index < -0.39 is 0 Å². The van der Waals surface area contributed by atoms with E-state index in [0.717, 1.165) is 54.6 Å². The lowest BCUT2D eigenvalue weighted by molar-refractivity contribution is -0.140. The number of carbonyl (C=O) groups is 2. The first-order valence-electron chi connectivity index (χ1n) is 11.3. The van der Waals surface area contributed by atoms with E-state index in [1.54, 1.807) is 17.0 Å². The van der Waals surface area contributed by atoms with Crippen molar-refractivity contribution < 1.29 is 14.0 Å². The number of carbonyl (C=O) groups excluding carboxylic acids is 2. The zero-order chi connectivity index (χ0) is 21.8. The molecule has 2 saturated heterocycles. The van der Waals surface area contributed by atoms with Gasteiger partial charge in [0, 0.05) is 25.2 Å². The lowest BCUT2D eigenvalue weighted by atomic mass is 10.0. The maximum atomic E-state index is 13.2. The van der Waals surface area contributed by atoms with E-state index in [0.29, 0.717) is 25.9 Å². The molecule has 2 aliphatic rings. The summed E-state index contributed by atoms with van der Waals surface area (Å²) in [5.74, 6) is -0.128. The molecular formula is C25H30FN3O2. The van der Waals surface area contributed by atoms with Crippen molar-refractivity contribution in [2.75, 3.05) is 19.6 Å². The van der Waals surface area contributed by atoms with Crippen molar-refractivity contribution in [1.29, 1.82) is 0 Å². The molecule has 0 saturated carbocycles. The van der Waals surface area contributed by atoms with E-state index in [2.05, 4.69) is 6.07 Å². The molecule has 2 aromatic rings. The Hall–Kier alpha value is -2.76. The molecule has 2 aliphatic heterocycles. The highest BCUT2D eigenvalue weighted by molar-refractivity contribution is 5.85. The number of nitrogens with zero attached hydrogens (tertiary/aromatic N) is 3. The second-order valence-corrected chi connectivity index (χ2v) is 8.72. The van der Waals surface area contributed by atoms with Crippen molar-refractivity contribution in [1.82, 2.24) is 14.8 Å². The van der Waals surface area contributed by atoms with E-state index >= 15 is 0 Å². The van der Waals surface area contributed by atoms with Gasteiger partial charge in [0.25, 0.3) is 0 Å². The van der Waals surface area contributed by atoms with Crippen LogP contribution >= 0.6 is 0 Å². The fourth-order valence-electron chi connectivity index (χ4n) is 4.71. The molecule has 164 valence electrons. The smallest absolute Gasteiger partial charge is 0.242 e.